The fourth-order valence-electron chi connectivity index (χ4n) is 4.92. The number of benzene rings is 2. The number of aromatic nitrogens is 2. The first-order chi connectivity index (χ1) is 16.5. The molecule has 0 atom stereocenters. The summed E-state index contributed by atoms with van der Waals surface area (Å²) in [7, 11) is 0. The summed E-state index contributed by atoms with van der Waals surface area (Å²) in [6.45, 7) is 4.06. The van der Waals surface area contributed by atoms with Crippen molar-refractivity contribution in [3.05, 3.63) is 83.8 Å². The number of hydrogen-bond donors (Lipinski definition) is 1. The highest BCUT2D eigenvalue weighted by molar-refractivity contribution is 6.03. The number of nitrogens with zero attached hydrogens (tertiary/aromatic N) is 2. The Morgan fingerprint density at radius 2 is 1.82 bits per heavy atom. The van der Waals surface area contributed by atoms with Crippen molar-refractivity contribution in [3.8, 4) is 22.5 Å². The Morgan fingerprint density at radius 1 is 1.06 bits per heavy atom. The highest BCUT2D eigenvalue weighted by Gasteiger charge is 2.24. The minimum atomic E-state index is -0.289. The molecule has 0 saturated heterocycles. The number of anilines is 1. The normalized spacial score (nSPS) is 14.3. The summed E-state index contributed by atoms with van der Waals surface area (Å²) in [6, 6.07) is 14.3. The third-order valence-corrected chi connectivity index (χ3v) is 6.70. The zero-order valence-electron chi connectivity index (χ0n) is 19.5. The van der Waals surface area contributed by atoms with Gasteiger partial charge in [-0.1, -0.05) is 25.3 Å². The van der Waals surface area contributed by atoms with Crippen LogP contribution in [0.25, 0.3) is 22.5 Å². The molecule has 6 heteroatoms. The predicted molar refractivity (Wildman–Crippen MR) is 131 cm³/mol. The molecule has 0 aliphatic heterocycles. The second-order valence-electron chi connectivity index (χ2n) is 9.06. The van der Waals surface area contributed by atoms with E-state index in [0.717, 1.165) is 52.2 Å². The van der Waals surface area contributed by atoms with E-state index in [1.54, 1.807) is 24.3 Å². The lowest BCUT2D eigenvalue weighted by atomic mass is 9.93. The smallest absolute Gasteiger partial charge is 0.291 e. The molecular weight excluding hydrogens is 429 g/mol. The van der Waals surface area contributed by atoms with Gasteiger partial charge < -0.3 is 14.3 Å². The summed E-state index contributed by atoms with van der Waals surface area (Å²) in [5.41, 5.74) is 6.48. The lowest BCUT2D eigenvalue weighted by Gasteiger charge is -2.26. The van der Waals surface area contributed by atoms with Crippen LogP contribution in [-0.4, -0.2) is 15.5 Å². The van der Waals surface area contributed by atoms with E-state index in [2.05, 4.69) is 22.9 Å². The van der Waals surface area contributed by atoms with Crippen LogP contribution in [0.3, 0.4) is 0 Å². The molecule has 1 aliphatic rings. The lowest BCUT2D eigenvalue weighted by Crippen LogP contribution is -2.14. The second kappa shape index (κ2) is 9.29. The Kier molecular flexibility index (Phi) is 6.05. The number of nitrogens with one attached hydrogen (secondary N) is 1. The van der Waals surface area contributed by atoms with E-state index in [9.17, 15) is 9.18 Å². The highest BCUT2D eigenvalue weighted by atomic mass is 19.1. The van der Waals surface area contributed by atoms with Crippen LogP contribution in [-0.2, 0) is 0 Å². The molecule has 4 aromatic rings. The van der Waals surface area contributed by atoms with Gasteiger partial charge in [-0.15, -0.1) is 0 Å². The number of rotatable bonds is 5. The Balaban J connectivity index is 1.63. The van der Waals surface area contributed by atoms with Crippen LogP contribution in [0.15, 0.2) is 65.5 Å². The Labute approximate surface area is 198 Å². The van der Waals surface area contributed by atoms with E-state index in [-0.39, 0.29) is 17.5 Å². The maximum atomic E-state index is 13.6. The first-order valence-corrected chi connectivity index (χ1v) is 11.8. The molecule has 0 spiro atoms. The van der Waals surface area contributed by atoms with Crippen molar-refractivity contribution >= 4 is 11.6 Å². The van der Waals surface area contributed by atoms with Crippen molar-refractivity contribution < 1.29 is 13.6 Å². The van der Waals surface area contributed by atoms with Gasteiger partial charge in [-0.3, -0.25) is 4.79 Å². The molecule has 1 aliphatic carbocycles. The fraction of sp³-hybridized carbons (Fsp3) is 0.286. The highest BCUT2D eigenvalue weighted by Crippen LogP contribution is 2.40. The Hall–Kier alpha value is -3.67. The van der Waals surface area contributed by atoms with Gasteiger partial charge in [0.1, 0.15) is 5.82 Å². The van der Waals surface area contributed by atoms with Gasteiger partial charge in [-0.2, -0.15) is 0 Å². The number of carbonyl (C=O) groups excluding carboxylic acids is 1. The number of hydrogen-bond acceptors (Lipinski definition) is 3. The van der Waals surface area contributed by atoms with Crippen LogP contribution in [0.1, 0.15) is 59.8 Å². The van der Waals surface area contributed by atoms with Crippen molar-refractivity contribution in [2.24, 2.45) is 0 Å². The first-order valence-electron chi connectivity index (χ1n) is 11.8. The molecule has 0 bridgehead atoms. The summed E-state index contributed by atoms with van der Waals surface area (Å²) < 4.78 is 21.2. The van der Waals surface area contributed by atoms with Gasteiger partial charge >= 0.3 is 0 Å². The van der Waals surface area contributed by atoms with Crippen molar-refractivity contribution in [1.82, 2.24) is 9.55 Å². The molecule has 5 rings (SSSR count). The summed E-state index contributed by atoms with van der Waals surface area (Å²) in [6.07, 6.45) is 9.29. The molecule has 1 saturated carbocycles. The molecule has 34 heavy (non-hydrogen) atoms. The van der Waals surface area contributed by atoms with E-state index in [1.165, 1.54) is 37.7 Å². The quantitative estimate of drug-likeness (QED) is 0.341. The monoisotopic (exact) mass is 457 g/mol. The molecular formula is C28H28FN3O2. The lowest BCUT2D eigenvalue weighted by molar-refractivity contribution is 0.0996. The molecule has 174 valence electrons. The van der Waals surface area contributed by atoms with E-state index in [1.807, 2.05) is 19.3 Å². The number of imidazole rings is 1. The maximum Gasteiger partial charge on any atom is 0.291 e. The third kappa shape index (κ3) is 4.28. The topological polar surface area (TPSA) is 60.1 Å². The van der Waals surface area contributed by atoms with Crippen molar-refractivity contribution in [3.63, 3.8) is 0 Å². The Bertz CT molecular complexity index is 1300. The van der Waals surface area contributed by atoms with Gasteiger partial charge in [0.2, 0.25) is 0 Å². The predicted octanol–water partition coefficient (Wildman–Crippen LogP) is 7.32. The molecule has 1 amide bonds. The van der Waals surface area contributed by atoms with E-state index in [4.69, 9.17) is 9.40 Å². The van der Waals surface area contributed by atoms with Gasteiger partial charge in [0, 0.05) is 22.9 Å². The number of furan rings is 1. The third-order valence-electron chi connectivity index (χ3n) is 6.70. The van der Waals surface area contributed by atoms with Crippen LogP contribution >= 0.6 is 0 Å². The van der Waals surface area contributed by atoms with Gasteiger partial charge in [-0.25, -0.2) is 9.37 Å². The zero-order valence-corrected chi connectivity index (χ0v) is 19.5. The number of aryl methyl sites for hydroxylation is 2. The summed E-state index contributed by atoms with van der Waals surface area (Å²) in [4.78, 5) is 17.5. The average Bonchev–Trinajstić information content (AvgIpc) is 3.53. The molecule has 2 aromatic carbocycles. The largest absolute Gasteiger partial charge is 0.459 e. The molecule has 2 aromatic heterocycles. The van der Waals surface area contributed by atoms with Gasteiger partial charge in [-0.05, 0) is 80.3 Å². The molecule has 2 heterocycles. The van der Waals surface area contributed by atoms with E-state index >= 15 is 0 Å². The van der Waals surface area contributed by atoms with Gasteiger partial charge in [0.15, 0.2) is 5.76 Å². The van der Waals surface area contributed by atoms with Crippen molar-refractivity contribution in [2.45, 2.75) is 52.0 Å². The molecule has 1 fully saturated rings. The SMILES string of the molecule is Cc1cc(C)c(-c2c(-c3ccc(F)cc3)ncn2C2CCCCC2)cc1NC(=O)c1ccco1. The van der Waals surface area contributed by atoms with Crippen LogP contribution in [0.4, 0.5) is 10.1 Å². The van der Waals surface area contributed by atoms with Gasteiger partial charge in [0.05, 0.1) is 24.0 Å². The van der Waals surface area contributed by atoms with Crippen molar-refractivity contribution in [2.75, 3.05) is 5.32 Å². The van der Waals surface area contributed by atoms with Crippen LogP contribution < -0.4 is 5.32 Å². The van der Waals surface area contributed by atoms with E-state index in [0.29, 0.717) is 6.04 Å². The summed E-state index contributed by atoms with van der Waals surface area (Å²) in [5.74, 6) is -0.297. The van der Waals surface area contributed by atoms with Crippen LogP contribution in [0, 0.1) is 19.7 Å². The molecule has 0 radical (unpaired) electrons. The molecule has 0 unspecified atom stereocenters. The minimum Gasteiger partial charge on any atom is -0.459 e. The standard InChI is InChI=1S/C28H28FN3O2/c1-18-15-19(2)24(31-28(33)25-9-6-14-34-25)16-23(18)27-26(20-10-12-21(29)13-11-20)30-17-32(27)22-7-4-3-5-8-22/h6,9-17,22H,3-5,7-8H2,1-2H3,(H,31,33). The minimum absolute atomic E-state index is 0.265. The number of halogens is 1. The fourth-order valence-corrected chi connectivity index (χ4v) is 4.92. The molecule has 5 nitrogen and oxygen atoms in total. The Morgan fingerprint density at radius 3 is 2.53 bits per heavy atom. The van der Waals surface area contributed by atoms with Crippen LogP contribution in [0.2, 0.25) is 0 Å². The van der Waals surface area contributed by atoms with Gasteiger partial charge in [0.25, 0.3) is 5.91 Å². The zero-order chi connectivity index (χ0) is 23.7. The average molecular weight is 458 g/mol. The van der Waals surface area contributed by atoms with Crippen LogP contribution in [0.5, 0.6) is 0 Å². The first kappa shape index (κ1) is 22.1. The maximum absolute atomic E-state index is 13.6. The summed E-state index contributed by atoms with van der Waals surface area (Å²) >= 11 is 0. The number of amides is 1. The van der Waals surface area contributed by atoms with E-state index < -0.39 is 0 Å². The summed E-state index contributed by atoms with van der Waals surface area (Å²) in [5, 5.41) is 3.00. The molecule has 1 N–H and O–H groups in total. The number of carbonyl (C=O) groups is 1. The second-order valence-corrected chi connectivity index (χ2v) is 9.06. The van der Waals surface area contributed by atoms with Crippen molar-refractivity contribution in [1.29, 1.82) is 0 Å².